The van der Waals surface area contributed by atoms with Gasteiger partial charge in [-0.3, -0.25) is 9.52 Å². The standard InChI is InChI=1S/C18H20ClN3O6S2/c1-20-18(23)13-2-5-15(6-3-13)29(24,25)21-14-4-7-16(19)17(12-14)30(26,27)22-8-10-28-11-9-22/h2-7,12,21H,8-11H2,1H3,(H,20,23). The van der Waals surface area contributed by atoms with Gasteiger partial charge in [-0.2, -0.15) is 4.31 Å². The lowest BCUT2D eigenvalue weighted by atomic mass is 10.2. The largest absolute Gasteiger partial charge is 0.379 e. The first-order valence-corrected chi connectivity index (χ1v) is 12.2. The van der Waals surface area contributed by atoms with Crippen LogP contribution in [0.3, 0.4) is 0 Å². The zero-order chi connectivity index (χ0) is 21.9. The Bertz CT molecular complexity index is 1140. The molecule has 0 radical (unpaired) electrons. The van der Waals surface area contributed by atoms with Gasteiger partial charge in [0.25, 0.3) is 15.9 Å². The highest BCUT2D eigenvalue weighted by Gasteiger charge is 2.29. The molecule has 0 saturated carbocycles. The molecule has 1 fully saturated rings. The Labute approximate surface area is 180 Å². The number of sulfonamides is 2. The summed E-state index contributed by atoms with van der Waals surface area (Å²) in [7, 11) is -6.46. The average molecular weight is 474 g/mol. The molecule has 2 N–H and O–H groups in total. The zero-order valence-corrected chi connectivity index (χ0v) is 18.3. The highest BCUT2D eigenvalue weighted by atomic mass is 35.5. The molecule has 1 saturated heterocycles. The van der Waals surface area contributed by atoms with Gasteiger partial charge in [0.05, 0.1) is 28.8 Å². The van der Waals surface area contributed by atoms with Crippen LogP contribution in [-0.4, -0.2) is 60.4 Å². The summed E-state index contributed by atoms with van der Waals surface area (Å²) >= 11 is 6.10. The fourth-order valence-corrected chi connectivity index (χ4v) is 5.79. The van der Waals surface area contributed by atoms with Crippen LogP contribution in [-0.2, 0) is 24.8 Å². The van der Waals surface area contributed by atoms with Gasteiger partial charge >= 0.3 is 0 Å². The Morgan fingerprint density at radius 2 is 1.67 bits per heavy atom. The normalized spacial score (nSPS) is 15.5. The van der Waals surface area contributed by atoms with Crippen molar-refractivity contribution >= 4 is 43.2 Å². The summed E-state index contributed by atoms with van der Waals surface area (Å²) in [5.74, 6) is -0.345. The molecule has 30 heavy (non-hydrogen) atoms. The SMILES string of the molecule is CNC(=O)c1ccc(S(=O)(=O)Nc2ccc(Cl)c(S(=O)(=O)N3CCOCC3)c2)cc1. The molecule has 0 bridgehead atoms. The number of rotatable bonds is 6. The lowest BCUT2D eigenvalue weighted by Crippen LogP contribution is -2.40. The number of hydrogen-bond donors (Lipinski definition) is 2. The van der Waals surface area contributed by atoms with Crippen LogP contribution >= 0.6 is 11.6 Å². The van der Waals surface area contributed by atoms with Crippen molar-refractivity contribution in [3.63, 3.8) is 0 Å². The second-order valence-electron chi connectivity index (χ2n) is 6.37. The summed E-state index contributed by atoms with van der Waals surface area (Å²) in [4.78, 5) is 11.3. The van der Waals surface area contributed by atoms with Crippen LogP contribution < -0.4 is 10.0 Å². The third-order valence-corrected chi connectivity index (χ3v) is 8.20. The molecule has 0 aliphatic carbocycles. The smallest absolute Gasteiger partial charge is 0.261 e. The Morgan fingerprint density at radius 1 is 1.03 bits per heavy atom. The molecule has 0 aromatic heterocycles. The summed E-state index contributed by atoms with van der Waals surface area (Å²) in [6.45, 7) is 0.920. The molecule has 9 nitrogen and oxygen atoms in total. The topological polar surface area (TPSA) is 122 Å². The van der Waals surface area contributed by atoms with Crippen molar-refractivity contribution in [1.82, 2.24) is 9.62 Å². The number of ether oxygens (including phenoxy) is 1. The van der Waals surface area contributed by atoms with E-state index in [-0.39, 0.29) is 52.7 Å². The molecular formula is C18H20ClN3O6S2. The van der Waals surface area contributed by atoms with E-state index in [0.717, 1.165) is 0 Å². The maximum absolute atomic E-state index is 12.9. The summed E-state index contributed by atoms with van der Waals surface area (Å²) in [6.07, 6.45) is 0. The summed E-state index contributed by atoms with van der Waals surface area (Å²) in [5.41, 5.74) is 0.350. The maximum atomic E-state index is 12.9. The monoisotopic (exact) mass is 473 g/mol. The van der Waals surface area contributed by atoms with E-state index in [1.165, 1.54) is 53.8 Å². The first kappa shape index (κ1) is 22.5. The third-order valence-electron chi connectivity index (χ3n) is 4.43. The van der Waals surface area contributed by atoms with Gasteiger partial charge in [-0.25, -0.2) is 16.8 Å². The minimum absolute atomic E-state index is 0.0145. The number of morpholine rings is 1. The van der Waals surface area contributed by atoms with Gasteiger partial charge in [0.2, 0.25) is 10.0 Å². The van der Waals surface area contributed by atoms with Gasteiger partial charge < -0.3 is 10.1 Å². The number of halogens is 1. The van der Waals surface area contributed by atoms with E-state index in [2.05, 4.69) is 10.0 Å². The predicted molar refractivity (Wildman–Crippen MR) is 112 cm³/mol. The lowest BCUT2D eigenvalue weighted by Gasteiger charge is -2.26. The molecule has 162 valence electrons. The number of benzene rings is 2. The van der Waals surface area contributed by atoms with Crippen molar-refractivity contribution < 1.29 is 26.4 Å². The molecule has 0 spiro atoms. The first-order chi connectivity index (χ1) is 14.1. The molecular weight excluding hydrogens is 454 g/mol. The minimum atomic E-state index is -4.02. The van der Waals surface area contributed by atoms with Gasteiger partial charge in [0.15, 0.2) is 0 Å². The van der Waals surface area contributed by atoms with Crippen molar-refractivity contribution in [1.29, 1.82) is 0 Å². The molecule has 1 aliphatic heterocycles. The molecule has 1 amide bonds. The molecule has 3 rings (SSSR count). The van der Waals surface area contributed by atoms with Gasteiger partial charge in [0.1, 0.15) is 4.90 Å². The van der Waals surface area contributed by atoms with Crippen molar-refractivity contribution in [2.75, 3.05) is 38.1 Å². The van der Waals surface area contributed by atoms with Gasteiger partial charge in [-0.05, 0) is 42.5 Å². The number of nitrogens with zero attached hydrogens (tertiary/aromatic N) is 1. The van der Waals surface area contributed by atoms with Crippen LogP contribution in [0.4, 0.5) is 5.69 Å². The molecule has 0 unspecified atom stereocenters. The molecule has 2 aromatic rings. The van der Waals surface area contributed by atoms with Crippen molar-refractivity contribution in [2.45, 2.75) is 9.79 Å². The maximum Gasteiger partial charge on any atom is 0.261 e. The fourth-order valence-electron chi connectivity index (χ4n) is 2.83. The van der Waals surface area contributed by atoms with Gasteiger partial charge in [-0.15, -0.1) is 0 Å². The van der Waals surface area contributed by atoms with Crippen LogP contribution in [0.1, 0.15) is 10.4 Å². The zero-order valence-electron chi connectivity index (χ0n) is 16.0. The number of nitrogens with one attached hydrogen (secondary N) is 2. The third kappa shape index (κ3) is 4.76. The van der Waals surface area contributed by atoms with Crippen LogP contribution in [0.5, 0.6) is 0 Å². The first-order valence-electron chi connectivity index (χ1n) is 8.87. The van der Waals surface area contributed by atoms with E-state index >= 15 is 0 Å². The van der Waals surface area contributed by atoms with Gasteiger partial charge in [0, 0.05) is 25.7 Å². The van der Waals surface area contributed by atoms with E-state index < -0.39 is 20.0 Å². The van der Waals surface area contributed by atoms with Gasteiger partial charge in [-0.1, -0.05) is 11.6 Å². The van der Waals surface area contributed by atoms with E-state index in [9.17, 15) is 21.6 Å². The molecule has 0 atom stereocenters. The van der Waals surface area contributed by atoms with E-state index in [1.807, 2.05) is 0 Å². The predicted octanol–water partition coefficient (Wildman–Crippen LogP) is 1.52. The molecule has 2 aromatic carbocycles. The second-order valence-corrected chi connectivity index (χ2v) is 10.4. The fraction of sp³-hybridized carbons (Fsp3) is 0.278. The highest BCUT2D eigenvalue weighted by molar-refractivity contribution is 7.92. The Kier molecular flexibility index (Phi) is 6.68. The van der Waals surface area contributed by atoms with Crippen LogP contribution in [0.15, 0.2) is 52.3 Å². The Morgan fingerprint density at radius 3 is 2.27 bits per heavy atom. The summed E-state index contributed by atoms with van der Waals surface area (Å²) in [5, 5.41) is 2.43. The van der Waals surface area contributed by atoms with Crippen molar-refractivity contribution in [3.8, 4) is 0 Å². The van der Waals surface area contributed by atoms with Crippen molar-refractivity contribution in [3.05, 3.63) is 53.1 Å². The molecule has 1 aliphatic rings. The number of amides is 1. The Balaban J connectivity index is 1.88. The number of anilines is 1. The number of carbonyl (C=O) groups is 1. The van der Waals surface area contributed by atoms with E-state index in [0.29, 0.717) is 5.56 Å². The highest BCUT2D eigenvalue weighted by Crippen LogP contribution is 2.29. The van der Waals surface area contributed by atoms with Crippen LogP contribution in [0.25, 0.3) is 0 Å². The van der Waals surface area contributed by atoms with Crippen molar-refractivity contribution in [2.24, 2.45) is 0 Å². The summed E-state index contributed by atoms with van der Waals surface area (Å²) in [6, 6.07) is 9.21. The average Bonchev–Trinajstić information content (AvgIpc) is 2.75. The molecule has 12 heteroatoms. The van der Waals surface area contributed by atoms with Crippen LogP contribution in [0, 0.1) is 0 Å². The number of hydrogen-bond acceptors (Lipinski definition) is 6. The van der Waals surface area contributed by atoms with E-state index in [4.69, 9.17) is 16.3 Å². The van der Waals surface area contributed by atoms with E-state index in [1.54, 1.807) is 0 Å². The minimum Gasteiger partial charge on any atom is -0.379 e. The Hall–Kier alpha value is -2.18. The summed E-state index contributed by atoms with van der Waals surface area (Å²) < 4.78 is 59.9. The molecule has 1 heterocycles. The number of carbonyl (C=O) groups excluding carboxylic acids is 1. The van der Waals surface area contributed by atoms with Crippen LogP contribution in [0.2, 0.25) is 5.02 Å². The quantitative estimate of drug-likeness (QED) is 0.656. The second kappa shape index (κ2) is 8.90. The lowest BCUT2D eigenvalue weighted by molar-refractivity contribution is 0.0730.